The number of nitrogens with zero attached hydrogens (tertiary/aromatic N) is 4. The Hall–Kier alpha value is -2.11. The van der Waals surface area contributed by atoms with E-state index in [1.54, 1.807) is 31.0 Å². The summed E-state index contributed by atoms with van der Waals surface area (Å²) in [6, 6.07) is 3.48. The van der Waals surface area contributed by atoms with Gasteiger partial charge in [-0.15, -0.1) is 0 Å². The number of amides is 1. The number of hydrogen-bond donors (Lipinski definition) is 1. The molecule has 0 saturated heterocycles. The summed E-state index contributed by atoms with van der Waals surface area (Å²) < 4.78 is 3.15. The Morgan fingerprint density at radius 2 is 2.12 bits per heavy atom. The molecule has 0 aliphatic heterocycles. The van der Waals surface area contributed by atoms with Gasteiger partial charge in [-0.25, -0.2) is 0 Å². The van der Waals surface area contributed by atoms with E-state index in [-0.39, 0.29) is 5.91 Å². The molecule has 2 rings (SSSR count). The highest BCUT2D eigenvalue weighted by atomic mass is 16.2. The van der Waals surface area contributed by atoms with Crippen LogP contribution in [0.4, 0.5) is 5.82 Å². The Morgan fingerprint density at radius 1 is 1.38 bits per heavy atom. The van der Waals surface area contributed by atoms with Gasteiger partial charge in [-0.3, -0.25) is 14.2 Å². The molecule has 0 atom stereocenters. The van der Waals surface area contributed by atoms with E-state index >= 15 is 0 Å². The van der Waals surface area contributed by atoms with E-state index in [0.29, 0.717) is 11.5 Å². The lowest BCUT2D eigenvalue weighted by atomic mass is 10.4. The topological polar surface area (TPSA) is 64.7 Å². The molecule has 2 heterocycles. The van der Waals surface area contributed by atoms with Crippen LogP contribution in [0.25, 0.3) is 0 Å². The van der Waals surface area contributed by atoms with Crippen LogP contribution in [-0.2, 0) is 14.1 Å². The Labute approximate surface area is 92.9 Å². The maximum atomic E-state index is 11.8. The van der Waals surface area contributed by atoms with Crippen LogP contribution in [0.2, 0.25) is 0 Å². The first-order valence-corrected chi connectivity index (χ1v) is 4.88. The summed E-state index contributed by atoms with van der Waals surface area (Å²) >= 11 is 0. The fourth-order valence-electron chi connectivity index (χ4n) is 1.50. The molecule has 6 nitrogen and oxygen atoms in total. The Bertz CT molecular complexity index is 525. The number of carbonyl (C=O) groups is 1. The summed E-state index contributed by atoms with van der Waals surface area (Å²) in [5, 5.41) is 10.9. The van der Waals surface area contributed by atoms with Crippen molar-refractivity contribution < 1.29 is 4.79 Å². The van der Waals surface area contributed by atoms with Gasteiger partial charge in [0.05, 0.1) is 5.69 Å². The van der Waals surface area contributed by atoms with Crippen molar-refractivity contribution in [2.45, 2.75) is 6.92 Å². The first-order chi connectivity index (χ1) is 7.58. The van der Waals surface area contributed by atoms with Crippen molar-refractivity contribution in [2.24, 2.45) is 14.1 Å². The largest absolute Gasteiger partial charge is 0.305 e. The van der Waals surface area contributed by atoms with Crippen molar-refractivity contribution in [1.29, 1.82) is 0 Å². The van der Waals surface area contributed by atoms with Crippen molar-refractivity contribution in [2.75, 3.05) is 5.32 Å². The number of nitrogens with one attached hydrogen (secondary N) is 1. The summed E-state index contributed by atoms with van der Waals surface area (Å²) in [4.78, 5) is 11.8. The third kappa shape index (κ3) is 1.81. The molecule has 84 valence electrons. The second-order valence-electron chi connectivity index (χ2n) is 3.59. The van der Waals surface area contributed by atoms with Crippen LogP contribution in [0.5, 0.6) is 0 Å². The van der Waals surface area contributed by atoms with Crippen molar-refractivity contribution in [3.8, 4) is 0 Å². The van der Waals surface area contributed by atoms with Gasteiger partial charge in [-0.1, -0.05) is 0 Å². The molecule has 0 radical (unpaired) electrons. The number of rotatable bonds is 2. The van der Waals surface area contributed by atoms with Crippen molar-refractivity contribution >= 4 is 11.7 Å². The fourth-order valence-corrected chi connectivity index (χ4v) is 1.50. The van der Waals surface area contributed by atoms with E-state index in [0.717, 1.165) is 5.69 Å². The molecule has 1 N–H and O–H groups in total. The summed E-state index contributed by atoms with van der Waals surface area (Å²) in [6.45, 7) is 1.87. The zero-order valence-corrected chi connectivity index (χ0v) is 9.43. The van der Waals surface area contributed by atoms with Gasteiger partial charge in [0.2, 0.25) is 0 Å². The lowest BCUT2D eigenvalue weighted by molar-refractivity contribution is 0.101. The van der Waals surface area contributed by atoms with Crippen LogP contribution in [0, 0.1) is 6.92 Å². The van der Waals surface area contributed by atoms with Crippen LogP contribution >= 0.6 is 0 Å². The minimum absolute atomic E-state index is 0.192. The third-order valence-corrected chi connectivity index (χ3v) is 2.30. The zero-order chi connectivity index (χ0) is 11.7. The summed E-state index contributed by atoms with van der Waals surface area (Å²) in [7, 11) is 3.51. The molecular formula is C10H13N5O. The average molecular weight is 219 g/mol. The standard InChI is InChI=1S/C10H13N5O/c1-7-6-9(15(3)13-7)12-10(16)8-4-5-11-14(8)2/h4-6H,1-3H3,(H,12,16). The molecule has 0 bridgehead atoms. The number of hydrogen-bond acceptors (Lipinski definition) is 3. The third-order valence-electron chi connectivity index (χ3n) is 2.30. The number of aryl methyl sites for hydroxylation is 3. The quantitative estimate of drug-likeness (QED) is 0.809. The van der Waals surface area contributed by atoms with Gasteiger partial charge in [0.15, 0.2) is 0 Å². The van der Waals surface area contributed by atoms with Crippen LogP contribution in [0.15, 0.2) is 18.3 Å². The highest BCUT2D eigenvalue weighted by Crippen LogP contribution is 2.09. The van der Waals surface area contributed by atoms with Crippen molar-refractivity contribution in [1.82, 2.24) is 19.6 Å². The molecule has 1 amide bonds. The highest BCUT2D eigenvalue weighted by molar-refractivity contribution is 6.02. The number of carbonyl (C=O) groups excluding carboxylic acids is 1. The predicted octanol–water partition coefficient (Wildman–Crippen LogP) is 0.714. The number of aromatic nitrogens is 4. The second kappa shape index (κ2) is 3.80. The maximum Gasteiger partial charge on any atom is 0.275 e. The lowest BCUT2D eigenvalue weighted by Gasteiger charge is -2.04. The van der Waals surface area contributed by atoms with Gasteiger partial charge < -0.3 is 5.32 Å². The maximum absolute atomic E-state index is 11.8. The van der Waals surface area contributed by atoms with Gasteiger partial charge in [0.25, 0.3) is 5.91 Å². The van der Waals surface area contributed by atoms with Crippen LogP contribution < -0.4 is 5.32 Å². The average Bonchev–Trinajstić information content (AvgIpc) is 2.74. The van der Waals surface area contributed by atoms with E-state index in [1.807, 2.05) is 13.0 Å². The molecule has 0 spiro atoms. The van der Waals surface area contributed by atoms with Gasteiger partial charge in [-0.05, 0) is 13.0 Å². The normalized spacial score (nSPS) is 10.4. The highest BCUT2D eigenvalue weighted by Gasteiger charge is 2.12. The fraction of sp³-hybridized carbons (Fsp3) is 0.300. The van der Waals surface area contributed by atoms with E-state index < -0.39 is 0 Å². The Balaban J connectivity index is 2.20. The van der Waals surface area contributed by atoms with E-state index in [4.69, 9.17) is 0 Å². The molecule has 0 saturated carbocycles. The summed E-state index contributed by atoms with van der Waals surface area (Å²) in [5.74, 6) is 0.478. The second-order valence-corrected chi connectivity index (χ2v) is 3.59. The molecule has 6 heteroatoms. The first-order valence-electron chi connectivity index (χ1n) is 4.88. The van der Waals surface area contributed by atoms with Gasteiger partial charge >= 0.3 is 0 Å². The SMILES string of the molecule is Cc1cc(NC(=O)c2ccnn2C)n(C)n1. The molecule has 0 unspecified atom stereocenters. The van der Waals surface area contributed by atoms with Crippen LogP contribution in [-0.4, -0.2) is 25.5 Å². The van der Waals surface area contributed by atoms with E-state index in [2.05, 4.69) is 15.5 Å². The molecule has 2 aromatic rings. The van der Waals surface area contributed by atoms with Crippen LogP contribution in [0.1, 0.15) is 16.2 Å². The monoisotopic (exact) mass is 219 g/mol. The first kappa shape index (κ1) is 10.4. The molecule has 0 aromatic carbocycles. The van der Waals surface area contributed by atoms with Crippen LogP contribution in [0.3, 0.4) is 0 Å². The summed E-state index contributed by atoms with van der Waals surface area (Å²) in [6.07, 6.45) is 1.59. The van der Waals surface area contributed by atoms with E-state index in [1.165, 1.54) is 4.68 Å². The number of anilines is 1. The Kier molecular flexibility index (Phi) is 2.47. The molecule has 2 aromatic heterocycles. The van der Waals surface area contributed by atoms with Crippen molar-refractivity contribution in [3.63, 3.8) is 0 Å². The van der Waals surface area contributed by atoms with Gasteiger partial charge in [0.1, 0.15) is 11.5 Å². The Morgan fingerprint density at radius 3 is 2.62 bits per heavy atom. The molecular weight excluding hydrogens is 206 g/mol. The van der Waals surface area contributed by atoms with Gasteiger partial charge in [-0.2, -0.15) is 10.2 Å². The summed E-state index contributed by atoms with van der Waals surface area (Å²) in [5.41, 5.74) is 1.38. The van der Waals surface area contributed by atoms with Crippen molar-refractivity contribution in [3.05, 3.63) is 29.7 Å². The van der Waals surface area contributed by atoms with Gasteiger partial charge in [0, 0.05) is 26.4 Å². The minimum Gasteiger partial charge on any atom is -0.305 e. The lowest BCUT2D eigenvalue weighted by Crippen LogP contribution is -2.17. The molecule has 16 heavy (non-hydrogen) atoms. The zero-order valence-electron chi connectivity index (χ0n) is 9.43. The minimum atomic E-state index is -0.192. The molecule has 0 aliphatic rings. The smallest absolute Gasteiger partial charge is 0.275 e. The predicted molar refractivity (Wildman–Crippen MR) is 59.1 cm³/mol. The molecule has 0 aliphatic carbocycles. The van der Waals surface area contributed by atoms with E-state index in [9.17, 15) is 4.79 Å². The molecule has 0 fully saturated rings.